The van der Waals surface area contributed by atoms with Crippen molar-refractivity contribution in [3.05, 3.63) is 53.6 Å². The summed E-state index contributed by atoms with van der Waals surface area (Å²) in [5.41, 5.74) is 0.963. The van der Waals surface area contributed by atoms with E-state index in [0.717, 1.165) is 30.6 Å². The van der Waals surface area contributed by atoms with Gasteiger partial charge in [-0.2, -0.15) is 0 Å². The third kappa shape index (κ3) is 5.25. The topological polar surface area (TPSA) is 86.8 Å². The molecule has 1 N–H and O–H groups in total. The predicted octanol–water partition coefficient (Wildman–Crippen LogP) is 4.32. The summed E-state index contributed by atoms with van der Waals surface area (Å²) < 4.78 is 29.2. The van der Waals surface area contributed by atoms with E-state index in [4.69, 9.17) is 0 Å². The van der Waals surface area contributed by atoms with Gasteiger partial charge in [0.25, 0.3) is 21.8 Å². The van der Waals surface area contributed by atoms with Crippen LogP contribution < -0.4 is 4.72 Å². The molecule has 0 bridgehead atoms. The van der Waals surface area contributed by atoms with Gasteiger partial charge in [0.15, 0.2) is 0 Å². The number of carbonyl (C=O) groups excluding carboxylic acids is 2. The maximum absolute atomic E-state index is 13.3. The van der Waals surface area contributed by atoms with Crippen molar-refractivity contribution in [1.29, 1.82) is 0 Å². The van der Waals surface area contributed by atoms with E-state index in [2.05, 4.69) is 11.6 Å². The van der Waals surface area contributed by atoms with Crippen LogP contribution in [0.4, 0.5) is 5.69 Å². The van der Waals surface area contributed by atoms with E-state index in [9.17, 15) is 18.0 Å². The number of nitrogens with zero attached hydrogens (tertiary/aromatic N) is 2. The Labute approximate surface area is 205 Å². The number of para-hydroxylation sites is 1. The number of rotatable bonds is 6. The van der Waals surface area contributed by atoms with Crippen LogP contribution in [0.15, 0.2) is 52.3 Å². The molecule has 2 saturated heterocycles. The third-order valence-electron chi connectivity index (χ3n) is 6.58. The molecule has 2 aliphatic heterocycles. The number of sulfonamides is 1. The molecule has 2 heterocycles. The average molecular weight is 502 g/mol. The molecule has 4 rings (SSSR count). The molecule has 34 heavy (non-hydrogen) atoms. The third-order valence-corrected chi connectivity index (χ3v) is 8.74. The maximum atomic E-state index is 13.3. The number of amides is 2. The summed E-state index contributed by atoms with van der Waals surface area (Å²) in [5, 5.41) is 0. The van der Waals surface area contributed by atoms with Crippen molar-refractivity contribution in [2.45, 2.75) is 42.4 Å². The summed E-state index contributed by atoms with van der Waals surface area (Å²) in [5.74, 6) is 0.268. The molecular weight excluding hydrogens is 470 g/mol. The minimum absolute atomic E-state index is 0.00227. The van der Waals surface area contributed by atoms with Gasteiger partial charge in [-0.05, 0) is 68.2 Å². The van der Waals surface area contributed by atoms with Crippen molar-refractivity contribution in [1.82, 2.24) is 9.80 Å². The lowest BCUT2D eigenvalue weighted by molar-refractivity contribution is 0.0693. The lowest BCUT2D eigenvalue weighted by atomic mass is 9.98. The molecule has 0 aromatic heterocycles. The molecular formula is C25H31N3O4S2. The van der Waals surface area contributed by atoms with Gasteiger partial charge < -0.3 is 9.80 Å². The summed E-state index contributed by atoms with van der Waals surface area (Å²) in [6.07, 6.45) is 5.67. The lowest BCUT2D eigenvalue weighted by Crippen LogP contribution is -2.38. The van der Waals surface area contributed by atoms with Crippen molar-refractivity contribution >= 4 is 39.3 Å². The van der Waals surface area contributed by atoms with Crippen LogP contribution in [0, 0.1) is 5.92 Å². The van der Waals surface area contributed by atoms with Gasteiger partial charge in [0, 0.05) is 31.1 Å². The van der Waals surface area contributed by atoms with Crippen molar-refractivity contribution in [2.75, 3.05) is 37.2 Å². The number of thioether (sulfide) groups is 1. The van der Waals surface area contributed by atoms with Crippen LogP contribution in [-0.4, -0.2) is 62.5 Å². The van der Waals surface area contributed by atoms with Gasteiger partial charge in [-0.25, -0.2) is 8.42 Å². The Kier molecular flexibility index (Phi) is 7.52. The minimum Gasteiger partial charge on any atom is -0.339 e. The Morgan fingerprint density at radius 2 is 1.53 bits per heavy atom. The molecule has 0 spiro atoms. The quantitative estimate of drug-likeness (QED) is 0.596. The van der Waals surface area contributed by atoms with Gasteiger partial charge in [0.2, 0.25) is 0 Å². The van der Waals surface area contributed by atoms with Crippen LogP contribution >= 0.6 is 11.8 Å². The highest BCUT2D eigenvalue weighted by atomic mass is 32.2. The summed E-state index contributed by atoms with van der Waals surface area (Å²) in [7, 11) is -4.01. The van der Waals surface area contributed by atoms with E-state index in [0.29, 0.717) is 43.2 Å². The first-order valence-electron chi connectivity index (χ1n) is 11.7. The van der Waals surface area contributed by atoms with Gasteiger partial charge in [-0.15, -0.1) is 11.8 Å². The first-order chi connectivity index (χ1) is 16.3. The molecule has 0 saturated carbocycles. The highest BCUT2D eigenvalue weighted by Crippen LogP contribution is 2.29. The fourth-order valence-corrected chi connectivity index (χ4v) is 6.13. The van der Waals surface area contributed by atoms with E-state index >= 15 is 0 Å². The van der Waals surface area contributed by atoms with E-state index in [1.54, 1.807) is 35.2 Å². The van der Waals surface area contributed by atoms with E-state index in [-0.39, 0.29) is 22.4 Å². The molecule has 0 unspecified atom stereocenters. The van der Waals surface area contributed by atoms with Gasteiger partial charge in [0.1, 0.15) is 0 Å². The Bertz CT molecular complexity index is 1170. The van der Waals surface area contributed by atoms with E-state index < -0.39 is 10.0 Å². The average Bonchev–Trinajstić information content (AvgIpc) is 3.38. The molecule has 7 nitrogen and oxygen atoms in total. The number of nitrogens with one attached hydrogen (secondary N) is 1. The van der Waals surface area contributed by atoms with Crippen LogP contribution in [0.2, 0.25) is 0 Å². The highest BCUT2D eigenvalue weighted by Gasteiger charge is 2.27. The zero-order valence-electron chi connectivity index (χ0n) is 19.6. The molecule has 182 valence electrons. The molecule has 0 atom stereocenters. The molecule has 0 radical (unpaired) electrons. The number of hydrogen-bond acceptors (Lipinski definition) is 5. The van der Waals surface area contributed by atoms with Crippen molar-refractivity contribution in [3.63, 3.8) is 0 Å². The monoisotopic (exact) mass is 501 g/mol. The minimum atomic E-state index is -4.01. The highest BCUT2D eigenvalue weighted by molar-refractivity contribution is 7.98. The standard InChI is InChI=1S/C25H31N3O4S2/c1-18-11-15-28(16-12-18)25(30)21-17-19(9-10-23(21)33-2)34(31,32)26-22-8-4-3-7-20(22)24(29)27-13-5-6-14-27/h3-4,7-10,17-18,26H,5-6,11-16H2,1-2H3. The molecule has 2 fully saturated rings. The number of benzene rings is 2. The Morgan fingerprint density at radius 1 is 0.912 bits per heavy atom. The second-order valence-corrected chi connectivity index (χ2v) is 11.5. The molecule has 2 aromatic rings. The number of carbonyl (C=O) groups is 2. The van der Waals surface area contributed by atoms with Crippen LogP contribution in [0.1, 0.15) is 53.3 Å². The summed E-state index contributed by atoms with van der Waals surface area (Å²) in [6, 6.07) is 11.3. The van der Waals surface area contributed by atoms with Gasteiger partial charge in [-0.1, -0.05) is 19.1 Å². The van der Waals surface area contributed by atoms with Crippen LogP contribution in [0.3, 0.4) is 0 Å². The molecule has 9 heteroatoms. The number of piperidine rings is 1. The van der Waals surface area contributed by atoms with Gasteiger partial charge >= 0.3 is 0 Å². The van der Waals surface area contributed by atoms with Gasteiger partial charge in [0.05, 0.1) is 21.7 Å². The normalized spacial score (nSPS) is 17.1. The van der Waals surface area contributed by atoms with Crippen LogP contribution in [0.25, 0.3) is 0 Å². The molecule has 0 aliphatic carbocycles. The summed E-state index contributed by atoms with van der Waals surface area (Å²) in [6.45, 7) is 4.89. The zero-order valence-corrected chi connectivity index (χ0v) is 21.3. The van der Waals surface area contributed by atoms with Crippen molar-refractivity contribution in [2.24, 2.45) is 5.92 Å². The Morgan fingerprint density at radius 3 is 2.21 bits per heavy atom. The zero-order chi connectivity index (χ0) is 24.3. The summed E-state index contributed by atoms with van der Waals surface area (Å²) >= 11 is 1.42. The second-order valence-electron chi connectivity index (χ2n) is 8.99. The SMILES string of the molecule is CSc1ccc(S(=O)(=O)Nc2ccccc2C(=O)N2CCCC2)cc1C(=O)N1CCC(C)CC1. The number of hydrogen-bond donors (Lipinski definition) is 1. The van der Waals surface area contributed by atoms with Crippen molar-refractivity contribution in [3.8, 4) is 0 Å². The maximum Gasteiger partial charge on any atom is 0.261 e. The summed E-state index contributed by atoms with van der Waals surface area (Å²) in [4.78, 5) is 30.5. The van der Waals surface area contributed by atoms with Gasteiger partial charge in [-0.3, -0.25) is 14.3 Å². The largest absolute Gasteiger partial charge is 0.339 e. The van der Waals surface area contributed by atoms with E-state index in [1.165, 1.54) is 23.9 Å². The van der Waals surface area contributed by atoms with Crippen LogP contribution in [0.5, 0.6) is 0 Å². The molecule has 2 amide bonds. The first kappa shape index (κ1) is 24.6. The van der Waals surface area contributed by atoms with Crippen LogP contribution in [-0.2, 0) is 10.0 Å². The number of likely N-dealkylation sites (tertiary alicyclic amines) is 2. The Balaban J connectivity index is 1.62. The fraction of sp³-hybridized carbons (Fsp3) is 0.440. The lowest BCUT2D eigenvalue weighted by Gasteiger charge is -2.30. The number of anilines is 1. The second kappa shape index (κ2) is 10.4. The Hall–Kier alpha value is -2.52. The van der Waals surface area contributed by atoms with E-state index in [1.807, 2.05) is 11.2 Å². The smallest absolute Gasteiger partial charge is 0.261 e. The molecule has 2 aliphatic rings. The fourth-order valence-electron chi connectivity index (χ4n) is 4.46. The van der Waals surface area contributed by atoms with Crippen molar-refractivity contribution < 1.29 is 18.0 Å². The molecule has 2 aromatic carbocycles. The first-order valence-corrected chi connectivity index (χ1v) is 14.4. The predicted molar refractivity (Wildman–Crippen MR) is 135 cm³/mol.